The van der Waals surface area contributed by atoms with Crippen molar-refractivity contribution < 1.29 is 33.4 Å². The first-order valence-corrected chi connectivity index (χ1v) is 12.8. The van der Waals surface area contributed by atoms with Gasteiger partial charge in [0.15, 0.2) is 0 Å². The van der Waals surface area contributed by atoms with E-state index in [0.717, 1.165) is 11.3 Å². The largest absolute Gasteiger partial charge is 0.462 e. The number of nitrogens with one attached hydrogen (secondary N) is 4. The van der Waals surface area contributed by atoms with E-state index in [0.29, 0.717) is 41.2 Å². The van der Waals surface area contributed by atoms with Crippen molar-refractivity contribution in [2.24, 2.45) is 0 Å². The van der Waals surface area contributed by atoms with Gasteiger partial charge in [-0.15, -0.1) is 0 Å². The number of aryl methyl sites for hydroxylation is 1. The number of aromatic nitrogens is 1. The molecule has 0 spiro atoms. The molecule has 39 heavy (non-hydrogen) atoms. The van der Waals surface area contributed by atoms with Gasteiger partial charge in [-0.05, 0) is 64.5 Å². The van der Waals surface area contributed by atoms with E-state index in [2.05, 4.69) is 20.9 Å². The highest BCUT2D eigenvalue weighted by molar-refractivity contribution is 6.35. The van der Waals surface area contributed by atoms with Crippen molar-refractivity contribution in [3.8, 4) is 0 Å². The molecule has 1 aliphatic rings. The second kappa shape index (κ2) is 13.1. The summed E-state index contributed by atoms with van der Waals surface area (Å²) in [5.74, 6) is -0.967. The van der Waals surface area contributed by atoms with Crippen molar-refractivity contribution in [2.45, 2.75) is 46.6 Å². The molecule has 4 N–H and O–H groups in total. The molecule has 11 heteroatoms. The Hall–Kier alpha value is -4.12. The van der Waals surface area contributed by atoms with Crippen LogP contribution in [-0.4, -0.2) is 67.4 Å². The van der Waals surface area contributed by atoms with Crippen LogP contribution in [0.4, 0.5) is 10.5 Å². The Labute approximate surface area is 227 Å². The maximum absolute atomic E-state index is 12.7. The van der Waals surface area contributed by atoms with Crippen LogP contribution in [0.2, 0.25) is 0 Å². The smallest absolute Gasteiger partial charge is 0.407 e. The molecule has 0 atom stereocenters. The summed E-state index contributed by atoms with van der Waals surface area (Å²) < 4.78 is 15.7. The number of rotatable bonds is 11. The number of ether oxygens (including phenoxy) is 3. The second-order valence-corrected chi connectivity index (χ2v) is 9.96. The fourth-order valence-electron chi connectivity index (χ4n) is 3.89. The Morgan fingerprint density at radius 2 is 1.77 bits per heavy atom. The van der Waals surface area contributed by atoms with E-state index < -0.39 is 17.7 Å². The zero-order valence-corrected chi connectivity index (χ0v) is 23.0. The number of aromatic amines is 1. The van der Waals surface area contributed by atoms with E-state index in [-0.39, 0.29) is 38.1 Å². The van der Waals surface area contributed by atoms with Gasteiger partial charge in [-0.3, -0.25) is 9.59 Å². The lowest BCUT2D eigenvalue weighted by Gasteiger charge is -2.19. The van der Waals surface area contributed by atoms with E-state index >= 15 is 0 Å². The summed E-state index contributed by atoms with van der Waals surface area (Å²) in [5, 5.41) is 8.21. The Kier molecular flexibility index (Phi) is 9.89. The molecule has 0 radical (unpaired) electrons. The van der Waals surface area contributed by atoms with Crippen molar-refractivity contribution in [3.05, 3.63) is 52.3 Å². The summed E-state index contributed by atoms with van der Waals surface area (Å²) in [6, 6.07) is 7.00. The predicted octanol–water partition coefficient (Wildman–Crippen LogP) is 3.19. The van der Waals surface area contributed by atoms with Crippen LogP contribution in [0.1, 0.15) is 60.6 Å². The number of hydrogen-bond acceptors (Lipinski definition) is 7. The molecular formula is C28H36N4O7. The predicted molar refractivity (Wildman–Crippen MR) is 146 cm³/mol. The minimum absolute atomic E-state index is 0.116. The number of benzene rings is 1. The number of amides is 3. The summed E-state index contributed by atoms with van der Waals surface area (Å²) in [7, 11) is 0. The van der Waals surface area contributed by atoms with Crippen LogP contribution in [0.5, 0.6) is 0 Å². The molecule has 1 aliphatic heterocycles. The molecule has 2 aromatic rings. The molecule has 1 aromatic heterocycles. The number of anilines is 1. The van der Waals surface area contributed by atoms with Crippen molar-refractivity contribution in [1.29, 1.82) is 0 Å². The van der Waals surface area contributed by atoms with Crippen LogP contribution in [0, 0.1) is 6.92 Å². The van der Waals surface area contributed by atoms with E-state index in [9.17, 15) is 19.2 Å². The Balaban J connectivity index is 1.53. The molecule has 11 nitrogen and oxygen atoms in total. The lowest BCUT2D eigenvalue weighted by molar-refractivity contribution is -0.120. The summed E-state index contributed by atoms with van der Waals surface area (Å²) in [5.41, 5.74) is 3.41. The zero-order chi connectivity index (χ0) is 28.6. The van der Waals surface area contributed by atoms with Gasteiger partial charge in [-0.2, -0.15) is 0 Å². The summed E-state index contributed by atoms with van der Waals surface area (Å²) >= 11 is 0. The van der Waals surface area contributed by atoms with Crippen LogP contribution in [-0.2, 0) is 30.2 Å². The fourth-order valence-corrected chi connectivity index (χ4v) is 3.89. The van der Waals surface area contributed by atoms with E-state index in [4.69, 9.17) is 14.2 Å². The van der Waals surface area contributed by atoms with E-state index in [1.165, 1.54) is 0 Å². The topological polar surface area (TPSA) is 148 Å². The van der Waals surface area contributed by atoms with E-state index in [1.807, 2.05) is 6.92 Å². The highest BCUT2D eigenvalue weighted by Crippen LogP contribution is 2.34. The van der Waals surface area contributed by atoms with Gasteiger partial charge in [0.05, 0.1) is 43.1 Å². The van der Waals surface area contributed by atoms with Gasteiger partial charge in [-0.1, -0.05) is 6.07 Å². The molecule has 2 heterocycles. The van der Waals surface area contributed by atoms with Gasteiger partial charge < -0.3 is 35.1 Å². The monoisotopic (exact) mass is 540 g/mol. The molecule has 0 bridgehead atoms. The number of carbonyl (C=O) groups excluding carboxylic acids is 4. The van der Waals surface area contributed by atoms with Gasteiger partial charge in [0.2, 0.25) is 5.91 Å². The number of fused-ring (bicyclic) bond motifs is 1. The molecule has 1 aromatic carbocycles. The molecule has 0 aliphatic carbocycles. The Bertz CT molecular complexity index is 1260. The summed E-state index contributed by atoms with van der Waals surface area (Å²) in [6.07, 6.45) is 1.23. The lowest BCUT2D eigenvalue weighted by atomic mass is 10.0. The van der Waals surface area contributed by atoms with Gasteiger partial charge in [0.25, 0.3) is 5.91 Å². The number of esters is 1. The first kappa shape index (κ1) is 29.4. The Morgan fingerprint density at radius 1 is 1.05 bits per heavy atom. The summed E-state index contributed by atoms with van der Waals surface area (Å²) in [6.45, 7) is 10.3. The van der Waals surface area contributed by atoms with Crippen LogP contribution in [0.15, 0.2) is 24.3 Å². The van der Waals surface area contributed by atoms with Crippen molar-refractivity contribution >= 4 is 41.2 Å². The van der Waals surface area contributed by atoms with Crippen LogP contribution in [0.25, 0.3) is 11.6 Å². The van der Waals surface area contributed by atoms with Gasteiger partial charge in [0, 0.05) is 30.0 Å². The number of hydrogen-bond donors (Lipinski definition) is 4. The SMILES string of the molecule is CCOC(=O)c1cc(C)[nH]c1/C=C1\C(=O)Nc2ccc(CC(=O)NCCOCCNC(=O)OC(C)(C)C)cc21. The second-order valence-electron chi connectivity index (χ2n) is 9.96. The third kappa shape index (κ3) is 8.71. The molecule has 0 fully saturated rings. The lowest BCUT2D eigenvalue weighted by Crippen LogP contribution is -2.34. The molecular weight excluding hydrogens is 504 g/mol. The average molecular weight is 541 g/mol. The van der Waals surface area contributed by atoms with Gasteiger partial charge >= 0.3 is 12.1 Å². The van der Waals surface area contributed by atoms with Gasteiger partial charge in [0.1, 0.15) is 5.60 Å². The normalized spacial score (nSPS) is 13.6. The zero-order valence-electron chi connectivity index (χ0n) is 23.0. The molecule has 3 rings (SSSR count). The first-order valence-electron chi connectivity index (χ1n) is 12.8. The molecule has 0 saturated heterocycles. The third-order valence-electron chi connectivity index (χ3n) is 5.48. The van der Waals surface area contributed by atoms with Crippen molar-refractivity contribution in [2.75, 3.05) is 38.2 Å². The number of H-pyrrole nitrogens is 1. The summed E-state index contributed by atoms with van der Waals surface area (Å²) in [4.78, 5) is 52.2. The highest BCUT2D eigenvalue weighted by Gasteiger charge is 2.26. The number of alkyl carbamates (subject to hydrolysis) is 1. The minimum atomic E-state index is -0.563. The third-order valence-corrected chi connectivity index (χ3v) is 5.48. The van der Waals surface area contributed by atoms with Crippen LogP contribution in [0.3, 0.4) is 0 Å². The number of carbonyl (C=O) groups is 4. The Morgan fingerprint density at radius 3 is 2.46 bits per heavy atom. The van der Waals surface area contributed by atoms with Crippen LogP contribution < -0.4 is 16.0 Å². The van der Waals surface area contributed by atoms with Crippen LogP contribution >= 0.6 is 0 Å². The van der Waals surface area contributed by atoms with E-state index in [1.54, 1.807) is 58.0 Å². The fraction of sp³-hybridized carbons (Fsp3) is 0.429. The molecule has 210 valence electrons. The maximum atomic E-state index is 12.7. The highest BCUT2D eigenvalue weighted by atomic mass is 16.6. The van der Waals surface area contributed by atoms with Crippen molar-refractivity contribution in [3.63, 3.8) is 0 Å². The average Bonchev–Trinajstić information content (AvgIpc) is 3.36. The quantitative estimate of drug-likeness (QED) is 0.194. The minimum Gasteiger partial charge on any atom is -0.462 e. The maximum Gasteiger partial charge on any atom is 0.407 e. The first-order chi connectivity index (χ1) is 18.5. The molecule has 0 saturated carbocycles. The van der Waals surface area contributed by atoms with Crippen molar-refractivity contribution in [1.82, 2.24) is 15.6 Å². The molecule has 3 amide bonds. The van der Waals surface area contributed by atoms with Gasteiger partial charge in [-0.25, -0.2) is 9.59 Å². The standard InChI is InChI=1S/C28H36N4O7/c1-6-38-26(35)21-13-17(2)31-23(21)16-20-19-14-18(7-8-22(19)32-25(20)34)15-24(33)29-9-11-37-12-10-30-27(36)39-28(3,4)5/h7-8,13-14,16,31H,6,9-12,15H2,1-5H3,(H,29,33)(H,30,36)(H,32,34)/b20-16-. The molecule has 0 unspecified atom stereocenters.